The highest BCUT2D eigenvalue weighted by Gasteiger charge is 2.41. The van der Waals surface area contributed by atoms with E-state index in [-0.39, 0.29) is 0 Å². The van der Waals surface area contributed by atoms with Crippen LogP contribution in [0.2, 0.25) is 0 Å². The lowest BCUT2D eigenvalue weighted by Gasteiger charge is -2.38. The maximum Gasteiger partial charge on any atom is 0.183 e. The standard InChI is InChI=1S/C6H13NO5/c7-3-4(9)2(1-8)12-6(11)5(3)10/h2-6,8-11H,1,7H2/t2-,3-,4-,5+,6-/m1/s1. The van der Waals surface area contributed by atoms with Crippen molar-refractivity contribution >= 4 is 0 Å². The van der Waals surface area contributed by atoms with Gasteiger partial charge in [0.15, 0.2) is 6.29 Å². The third kappa shape index (κ3) is 1.58. The Morgan fingerprint density at radius 1 is 1.17 bits per heavy atom. The molecule has 72 valence electrons. The fourth-order valence-corrected chi connectivity index (χ4v) is 1.13. The minimum Gasteiger partial charge on any atom is -0.394 e. The fourth-order valence-electron chi connectivity index (χ4n) is 1.13. The lowest BCUT2D eigenvalue weighted by molar-refractivity contribution is -0.258. The topological polar surface area (TPSA) is 116 Å². The number of hydrogen-bond acceptors (Lipinski definition) is 6. The second kappa shape index (κ2) is 3.65. The summed E-state index contributed by atoms with van der Waals surface area (Å²) >= 11 is 0. The zero-order valence-electron chi connectivity index (χ0n) is 6.37. The Morgan fingerprint density at radius 2 is 1.75 bits per heavy atom. The van der Waals surface area contributed by atoms with Crippen LogP contribution in [-0.2, 0) is 4.74 Å². The lowest BCUT2D eigenvalue weighted by Crippen LogP contribution is -2.62. The fraction of sp³-hybridized carbons (Fsp3) is 1.00. The summed E-state index contributed by atoms with van der Waals surface area (Å²) in [5.41, 5.74) is 5.33. The van der Waals surface area contributed by atoms with Crippen molar-refractivity contribution < 1.29 is 25.2 Å². The van der Waals surface area contributed by atoms with Crippen molar-refractivity contribution in [2.75, 3.05) is 6.61 Å². The van der Waals surface area contributed by atoms with Gasteiger partial charge in [0.25, 0.3) is 0 Å². The maximum absolute atomic E-state index is 9.24. The van der Waals surface area contributed by atoms with Crippen molar-refractivity contribution in [2.24, 2.45) is 5.73 Å². The second-order valence-corrected chi connectivity index (χ2v) is 2.81. The van der Waals surface area contributed by atoms with Crippen LogP contribution < -0.4 is 5.73 Å². The van der Waals surface area contributed by atoms with Crippen LogP contribution >= 0.6 is 0 Å². The molecule has 0 saturated carbocycles. The summed E-state index contributed by atoms with van der Waals surface area (Å²) < 4.78 is 4.66. The highest BCUT2D eigenvalue weighted by Crippen LogP contribution is 2.17. The minimum absolute atomic E-state index is 0.446. The molecule has 0 aromatic carbocycles. The summed E-state index contributed by atoms with van der Waals surface area (Å²) in [5.74, 6) is 0. The summed E-state index contributed by atoms with van der Waals surface area (Å²) in [6.45, 7) is -0.446. The van der Waals surface area contributed by atoms with Crippen molar-refractivity contribution in [1.82, 2.24) is 0 Å². The van der Waals surface area contributed by atoms with E-state index in [1.165, 1.54) is 0 Å². The Morgan fingerprint density at radius 3 is 2.25 bits per heavy atom. The molecule has 0 spiro atoms. The van der Waals surface area contributed by atoms with E-state index in [9.17, 15) is 5.11 Å². The van der Waals surface area contributed by atoms with E-state index in [0.717, 1.165) is 0 Å². The Hall–Kier alpha value is -0.240. The Balaban J connectivity index is 2.63. The second-order valence-electron chi connectivity index (χ2n) is 2.81. The van der Waals surface area contributed by atoms with E-state index in [4.69, 9.17) is 21.1 Å². The SMILES string of the molecule is N[C@H]1[C@H](O)[C@H](O)O[C@H](CO)[C@H]1O. The first kappa shape index (κ1) is 9.85. The van der Waals surface area contributed by atoms with Gasteiger partial charge in [0.1, 0.15) is 18.3 Å². The summed E-state index contributed by atoms with van der Waals surface area (Å²) in [6, 6.07) is -0.995. The first-order valence-electron chi connectivity index (χ1n) is 3.64. The summed E-state index contributed by atoms with van der Waals surface area (Å²) in [4.78, 5) is 0. The van der Waals surface area contributed by atoms with Crippen LogP contribution in [0.5, 0.6) is 0 Å². The van der Waals surface area contributed by atoms with E-state index < -0.39 is 37.3 Å². The van der Waals surface area contributed by atoms with Gasteiger partial charge < -0.3 is 30.9 Å². The van der Waals surface area contributed by atoms with Gasteiger partial charge in [-0.15, -0.1) is 0 Å². The Kier molecular flexibility index (Phi) is 2.99. The minimum atomic E-state index is -1.44. The monoisotopic (exact) mass is 179 g/mol. The molecule has 0 aliphatic carbocycles. The molecular formula is C6H13NO5. The van der Waals surface area contributed by atoms with E-state index in [1.807, 2.05) is 0 Å². The lowest BCUT2D eigenvalue weighted by atomic mass is 9.97. The van der Waals surface area contributed by atoms with Crippen LogP contribution in [0.25, 0.3) is 0 Å². The van der Waals surface area contributed by atoms with Gasteiger partial charge in [-0.3, -0.25) is 0 Å². The first-order valence-corrected chi connectivity index (χ1v) is 3.64. The largest absolute Gasteiger partial charge is 0.394 e. The predicted molar refractivity (Wildman–Crippen MR) is 38.0 cm³/mol. The summed E-state index contributed by atoms with van der Waals surface area (Å²) in [6.07, 6.45) is -4.85. The molecule has 6 N–H and O–H groups in total. The molecule has 6 heteroatoms. The highest BCUT2D eigenvalue weighted by molar-refractivity contribution is 4.90. The van der Waals surface area contributed by atoms with Crippen molar-refractivity contribution in [3.63, 3.8) is 0 Å². The zero-order chi connectivity index (χ0) is 9.30. The van der Waals surface area contributed by atoms with Gasteiger partial charge in [-0.05, 0) is 0 Å². The average molecular weight is 179 g/mol. The smallest absolute Gasteiger partial charge is 0.183 e. The third-order valence-corrected chi connectivity index (χ3v) is 1.96. The number of ether oxygens (including phenoxy) is 1. The molecule has 0 radical (unpaired) electrons. The molecule has 1 aliphatic heterocycles. The molecule has 0 aromatic heterocycles. The summed E-state index contributed by atoms with van der Waals surface area (Å²) in [7, 11) is 0. The molecule has 0 unspecified atom stereocenters. The van der Waals surface area contributed by atoms with Gasteiger partial charge in [-0.25, -0.2) is 0 Å². The molecule has 1 saturated heterocycles. The van der Waals surface area contributed by atoms with Gasteiger partial charge >= 0.3 is 0 Å². The maximum atomic E-state index is 9.24. The molecule has 1 rings (SSSR count). The molecular weight excluding hydrogens is 166 g/mol. The molecule has 1 heterocycles. The van der Waals surface area contributed by atoms with E-state index in [0.29, 0.717) is 0 Å². The molecule has 0 amide bonds. The van der Waals surface area contributed by atoms with Crippen molar-refractivity contribution in [3.8, 4) is 0 Å². The van der Waals surface area contributed by atoms with Crippen LogP contribution in [0.1, 0.15) is 0 Å². The molecule has 1 fully saturated rings. The van der Waals surface area contributed by atoms with Crippen LogP contribution in [0.15, 0.2) is 0 Å². The van der Waals surface area contributed by atoms with Crippen molar-refractivity contribution in [2.45, 2.75) is 30.6 Å². The Labute approximate surface area is 69.2 Å². The number of rotatable bonds is 1. The van der Waals surface area contributed by atoms with Crippen LogP contribution in [-0.4, -0.2) is 57.7 Å². The van der Waals surface area contributed by atoms with Crippen LogP contribution in [0, 0.1) is 0 Å². The average Bonchev–Trinajstić information content (AvgIpc) is 2.08. The van der Waals surface area contributed by atoms with Crippen LogP contribution in [0.4, 0.5) is 0 Å². The number of hydrogen-bond donors (Lipinski definition) is 5. The van der Waals surface area contributed by atoms with Gasteiger partial charge in [0.2, 0.25) is 0 Å². The molecule has 0 aromatic rings. The molecule has 5 atom stereocenters. The van der Waals surface area contributed by atoms with E-state index in [1.54, 1.807) is 0 Å². The number of aliphatic hydroxyl groups is 4. The first-order chi connectivity index (χ1) is 5.57. The number of nitrogens with two attached hydrogens (primary N) is 1. The highest BCUT2D eigenvalue weighted by atomic mass is 16.6. The van der Waals surface area contributed by atoms with E-state index >= 15 is 0 Å². The molecule has 1 aliphatic rings. The molecule has 0 bridgehead atoms. The quantitative estimate of drug-likeness (QED) is 0.288. The van der Waals surface area contributed by atoms with E-state index in [2.05, 4.69) is 4.74 Å². The predicted octanol–water partition coefficient (Wildman–Crippen LogP) is -3.26. The Bertz CT molecular complexity index is 150. The van der Waals surface area contributed by atoms with Gasteiger partial charge in [-0.1, -0.05) is 0 Å². The third-order valence-electron chi connectivity index (χ3n) is 1.96. The van der Waals surface area contributed by atoms with Gasteiger partial charge in [0, 0.05) is 0 Å². The zero-order valence-corrected chi connectivity index (χ0v) is 6.37. The summed E-state index contributed by atoms with van der Waals surface area (Å²) in [5, 5.41) is 36.0. The molecule has 12 heavy (non-hydrogen) atoms. The van der Waals surface area contributed by atoms with Gasteiger partial charge in [0.05, 0.1) is 12.6 Å². The molecule has 6 nitrogen and oxygen atoms in total. The van der Waals surface area contributed by atoms with Gasteiger partial charge in [-0.2, -0.15) is 0 Å². The van der Waals surface area contributed by atoms with Crippen LogP contribution in [0.3, 0.4) is 0 Å². The normalized spacial score (nSPS) is 49.2. The number of aliphatic hydroxyl groups excluding tert-OH is 4. The van der Waals surface area contributed by atoms with Crippen molar-refractivity contribution in [1.29, 1.82) is 0 Å². The van der Waals surface area contributed by atoms with Crippen molar-refractivity contribution in [3.05, 3.63) is 0 Å².